The van der Waals surface area contributed by atoms with Crippen molar-refractivity contribution in [1.29, 1.82) is 0 Å². The van der Waals surface area contributed by atoms with Crippen LogP contribution in [-0.2, 0) is 0 Å². The van der Waals surface area contributed by atoms with Gasteiger partial charge in [0.2, 0.25) is 0 Å². The minimum absolute atomic E-state index is 0.0137. The molecule has 0 aliphatic carbocycles. The molecule has 0 bridgehead atoms. The van der Waals surface area contributed by atoms with Crippen LogP contribution in [0, 0.1) is 0 Å². The standard InChI is InChI=1S/C10H18N4O2/c1-9(2,10(3,4)16)14-7-6(11)8(15)13-5-12-7/h5,16H,11H2,1-4H3,(H2,12,13,14,15). The predicted octanol–water partition coefficient (Wildman–Crippen LogP) is 0.314. The van der Waals surface area contributed by atoms with E-state index >= 15 is 0 Å². The number of nitrogen functional groups attached to an aromatic ring is 1. The van der Waals surface area contributed by atoms with Gasteiger partial charge in [0.25, 0.3) is 5.56 Å². The SMILES string of the molecule is CC(C)(O)C(C)(C)Nc1nc[nH]c(=O)c1N. The maximum atomic E-state index is 11.3. The minimum atomic E-state index is -0.982. The van der Waals surface area contributed by atoms with Crippen molar-refractivity contribution in [3.8, 4) is 0 Å². The van der Waals surface area contributed by atoms with Crippen LogP contribution in [0.4, 0.5) is 11.5 Å². The zero-order valence-corrected chi connectivity index (χ0v) is 9.96. The Morgan fingerprint density at radius 1 is 1.44 bits per heavy atom. The summed E-state index contributed by atoms with van der Waals surface area (Å²) >= 11 is 0. The van der Waals surface area contributed by atoms with E-state index in [0.717, 1.165) is 0 Å². The van der Waals surface area contributed by atoms with Gasteiger partial charge in [-0.05, 0) is 27.7 Å². The molecule has 16 heavy (non-hydrogen) atoms. The first-order chi connectivity index (χ1) is 7.15. The second-order valence-electron chi connectivity index (χ2n) is 4.80. The summed E-state index contributed by atoms with van der Waals surface area (Å²) in [4.78, 5) is 17.6. The van der Waals surface area contributed by atoms with Gasteiger partial charge in [-0.3, -0.25) is 4.79 Å². The van der Waals surface area contributed by atoms with Gasteiger partial charge in [0.15, 0.2) is 5.82 Å². The van der Waals surface area contributed by atoms with E-state index in [-0.39, 0.29) is 11.5 Å². The van der Waals surface area contributed by atoms with Crippen molar-refractivity contribution >= 4 is 11.5 Å². The van der Waals surface area contributed by atoms with Gasteiger partial charge in [-0.15, -0.1) is 0 Å². The van der Waals surface area contributed by atoms with Crippen LogP contribution < -0.4 is 16.6 Å². The average molecular weight is 226 g/mol. The van der Waals surface area contributed by atoms with Crippen LogP contribution in [0.1, 0.15) is 27.7 Å². The Morgan fingerprint density at radius 2 is 2.00 bits per heavy atom. The molecule has 5 N–H and O–H groups in total. The van der Waals surface area contributed by atoms with E-state index < -0.39 is 16.7 Å². The van der Waals surface area contributed by atoms with Crippen LogP contribution in [0.15, 0.2) is 11.1 Å². The Labute approximate surface area is 93.9 Å². The third-order valence-electron chi connectivity index (χ3n) is 2.85. The van der Waals surface area contributed by atoms with Gasteiger partial charge in [-0.2, -0.15) is 0 Å². The number of aliphatic hydroxyl groups is 1. The number of aromatic nitrogens is 2. The highest BCUT2D eigenvalue weighted by molar-refractivity contribution is 5.60. The molecule has 6 nitrogen and oxygen atoms in total. The highest BCUT2D eigenvalue weighted by Crippen LogP contribution is 2.25. The molecule has 1 rings (SSSR count). The van der Waals surface area contributed by atoms with Crippen LogP contribution in [0.5, 0.6) is 0 Å². The first-order valence-electron chi connectivity index (χ1n) is 4.99. The quantitative estimate of drug-likeness (QED) is 0.594. The Bertz CT molecular complexity index is 431. The van der Waals surface area contributed by atoms with E-state index in [1.54, 1.807) is 27.7 Å². The number of nitrogens with zero attached hydrogens (tertiary/aromatic N) is 1. The van der Waals surface area contributed by atoms with E-state index in [9.17, 15) is 9.90 Å². The molecule has 0 unspecified atom stereocenters. The molecule has 90 valence electrons. The molecule has 0 aliphatic rings. The number of hydrogen-bond acceptors (Lipinski definition) is 5. The van der Waals surface area contributed by atoms with Crippen LogP contribution in [-0.4, -0.2) is 26.2 Å². The first kappa shape index (κ1) is 12.5. The van der Waals surface area contributed by atoms with Crippen molar-refractivity contribution in [3.63, 3.8) is 0 Å². The molecule has 0 aliphatic heterocycles. The summed E-state index contributed by atoms with van der Waals surface area (Å²) in [5.74, 6) is 0.274. The molecule has 0 amide bonds. The zero-order valence-electron chi connectivity index (χ0n) is 9.96. The lowest BCUT2D eigenvalue weighted by Gasteiger charge is -2.38. The molecular weight excluding hydrogens is 208 g/mol. The van der Waals surface area contributed by atoms with Crippen LogP contribution in [0.25, 0.3) is 0 Å². The van der Waals surface area contributed by atoms with Gasteiger partial charge in [0, 0.05) is 0 Å². The molecule has 0 aromatic carbocycles. The third-order valence-corrected chi connectivity index (χ3v) is 2.85. The topological polar surface area (TPSA) is 104 Å². The van der Waals surface area contributed by atoms with E-state index in [2.05, 4.69) is 15.3 Å². The molecule has 0 saturated carbocycles. The summed E-state index contributed by atoms with van der Waals surface area (Å²) in [7, 11) is 0. The smallest absolute Gasteiger partial charge is 0.276 e. The van der Waals surface area contributed by atoms with Crippen molar-refractivity contribution in [2.75, 3.05) is 11.1 Å². The van der Waals surface area contributed by atoms with Crippen molar-refractivity contribution < 1.29 is 5.11 Å². The summed E-state index contributed by atoms with van der Waals surface area (Å²) in [6, 6.07) is 0. The molecule has 0 saturated heterocycles. The van der Waals surface area contributed by atoms with Crippen LogP contribution >= 0.6 is 0 Å². The number of hydrogen-bond donors (Lipinski definition) is 4. The van der Waals surface area contributed by atoms with Crippen LogP contribution in [0.2, 0.25) is 0 Å². The number of anilines is 2. The second-order valence-corrected chi connectivity index (χ2v) is 4.80. The van der Waals surface area contributed by atoms with Gasteiger partial charge in [0.1, 0.15) is 5.69 Å². The van der Waals surface area contributed by atoms with Crippen molar-refractivity contribution in [1.82, 2.24) is 9.97 Å². The number of H-pyrrole nitrogens is 1. The van der Waals surface area contributed by atoms with E-state index in [1.165, 1.54) is 6.33 Å². The van der Waals surface area contributed by atoms with Crippen LogP contribution in [0.3, 0.4) is 0 Å². The van der Waals surface area contributed by atoms with Gasteiger partial charge in [-0.25, -0.2) is 4.98 Å². The first-order valence-corrected chi connectivity index (χ1v) is 4.99. The van der Waals surface area contributed by atoms with Gasteiger partial charge in [-0.1, -0.05) is 0 Å². The molecule has 0 radical (unpaired) electrons. The Morgan fingerprint density at radius 3 is 2.50 bits per heavy atom. The van der Waals surface area contributed by atoms with E-state index in [4.69, 9.17) is 5.73 Å². The molecular formula is C10H18N4O2. The largest absolute Gasteiger partial charge is 0.391 e. The summed E-state index contributed by atoms with van der Waals surface area (Å²) in [6.07, 6.45) is 1.27. The maximum absolute atomic E-state index is 11.3. The predicted molar refractivity (Wildman–Crippen MR) is 63.3 cm³/mol. The van der Waals surface area contributed by atoms with Gasteiger partial charge >= 0.3 is 0 Å². The van der Waals surface area contributed by atoms with E-state index in [1.807, 2.05) is 0 Å². The van der Waals surface area contributed by atoms with Gasteiger partial charge < -0.3 is 21.1 Å². The molecule has 0 fully saturated rings. The summed E-state index contributed by atoms with van der Waals surface area (Å²) < 4.78 is 0. The Balaban J connectivity index is 3.06. The van der Waals surface area contributed by atoms with Crippen molar-refractivity contribution in [2.45, 2.75) is 38.8 Å². The fourth-order valence-corrected chi connectivity index (χ4v) is 0.959. The monoisotopic (exact) mass is 226 g/mol. The lowest BCUT2D eigenvalue weighted by Crippen LogP contribution is -2.51. The molecule has 0 spiro atoms. The molecule has 1 aromatic rings. The normalized spacial score (nSPS) is 12.6. The van der Waals surface area contributed by atoms with Crippen molar-refractivity contribution in [2.24, 2.45) is 0 Å². The fourth-order valence-electron chi connectivity index (χ4n) is 0.959. The lowest BCUT2D eigenvalue weighted by molar-refractivity contribution is 0.0239. The Kier molecular flexibility index (Phi) is 2.96. The third kappa shape index (κ3) is 2.33. The average Bonchev–Trinajstić information content (AvgIpc) is 2.11. The summed E-state index contributed by atoms with van der Waals surface area (Å²) in [5.41, 5.74) is 3.55. The number of aromatic amines is 1. The highest BCUT2D eigenvalue weighted by Gasteiger charge is 2.35. The molecule has 1 heterocycles. The molecule has 6 heteroatoms. The zero-order chi connectivity index (χ0) is 12.6. The maximum Gasteiger partial charge on any atom is 0.276 e. The number of nitrogens with two attached hydrogens (primary N) is 1. The molecule has 1 aromatic heterocycles. The summed E-state index contributed by atoms with van der Waals surface area (Å²) in [6.45, 7) is 6.94. The number of nitrogens with one attached hydrogen (secondary N) is 2. The lowest BCUT2D eigenvalue weighted by atomic mass is 9.86. The molecule has 0 atom stereocenters. The Hall–Kier alpha value is -1.56. The van der Waals surface area contributed by atoms with Gasteiger partial charge in [0.05, 0.1) is 17.5 Å². The fraction of sp³-hybridized carbons (Fsp3) is 0.600. The highest BCUT2D eigenvalue weighted by atomic mass is 16.3. The second kappa shape index (κ2) is 3.79. The summed E-state index contributed by atoms with van der Waals surface area (Å²) in [5, 5.41) is 12.9. The number of rotatable bonds is 3. The van der Waals surface area contributed by atoms with Crippen molar-refractivity contribution in [3.05, 3.63) is 16.7 Å². The van der Waals surface area contributed by atoms with E-state index in [0.29, 0.717) is 0 Å². The minimum Gasteiger partial charge on any atom is -0.391 e.